The van der Waals surface area contributed by atoms with Crippen molar-refractivity contribution in [1.29, 1.82) is 0 Å². The van der Waals surface area contributed by atoms with Gasteiger partial charge in [0.2, 0.25) is 10.0 Å². The predicted molar refractivity (Wildman–Crippen MR) is 85.6 cm³/mol. The molecule has 0 bridgehead atoms. The minimum atomic E-state index is -3.51. The van der Waals surface area contributed by atoms with Crippen molar-refractivity contribution in [3.63, 3.8) is 0 Å². The van der Waals surface area contributed by atoms with E-state index >= 15 is 0 Å². The molecule has 0 saturated heterocycles. The number of hydrogen-bond donors (Lipinski definition) is 0. The van der Waals surface area contributed by atoms with Crippen LogP contribution < -0.4 is 4.74 Å². The zero-order chi connectivity index (χ0) is 15.7. The summed E-state index contributed by atoms with van der Waals surface area (Å²) in [7, 11) is -1.95. The maximum absolute atomic E-state index is 12.9. The highest BCUT2D eigenvalue weighted by atomic mass is 32.2. The second-order valence-electron chi connectivity index (χ2n) is 5.31. The van der Waals surface area contributed by atoms with Crippen LogP contribution in [0.3, 0.4) is 0 Å². The standard InChI is InChI=1S/C15H18N2O3S2/c1-11-16-12(10-21-11)9-17(13-3-4-13)22(18,19)15-7-5-14(20-2)6-8-15/h5-8,10,13H,3-4,9H2,1-2H3. The number of aromatic nitrogens is 1. The number of hydrogen-bond acceptors (Lipinski definition) is 5. The number of aryl methyl sites for hydroxylation is 1. The molecule has 1 aromatic heterocycles. The molecule has 2 aromatic rings. The van der Waals surface area contributed by atoms with Crippen molar-refractivity contribution in [2.24, 2.45) is 0 Å². The molecule has 0 spiro atoms. The van der Waals surface area contributed by atoms with Crippen LogP contribution in [0.1, 0.15) is 23.5 Å². The second kappa shape index (κ2) is 5.98. The lowest BCUT2D eigenvalue weighted by atomic mass is 10.3. The molecule has 0 amide bonds. The Morgan fingerprint density at radius 2 is 2.00 bits per heavy atom. The smallest absolute Gasteiger partial charge is 0.243 e. The molecule has 7 heteroatoms. The molecule has 1 aromatic carbocycles. The molecule has 0 radical (unpaired) electrons. The van der Waals surface area contributed by atoms with Crippen LogP contribution in [0.4, 0.5) is 0 Å². The first-order valence-corrected chi connectivity index (χ1v) is 9.39. The lowest BCUT2D eigenvalue weighted by Gasteiger charge is -2.21. The van der Waals surface area contributed by atoms with Gasteiger partial charge in [-0.1, -0.05) is 0 Å². The fraction of sp³-hybridized carbons (Fsp3) is 0.400. The van der Waals surface area contributed by atoms with Gasteiger partial charge < -0.3 is 4.74 Å². The lowest BCUT2D eigenvalue weighted by Crippen LogP contribution is -2.32. The Bertz CT molecular complexity index is 749. The third kappa shape index (κ3) is 3.16. The molecule has 1 aliphatic carbocycles. The van der Waals surface area contributed by atoms with Crippen LogP contribution >= 0.6 is 11.3 Å². The molecular weight excluding hydrogens is 320 g/mol. The van der Waals surface area contributed by atoms with Crippen molar-refractivity contribution < 1.29 is 13.2 Å². The van der Waals surface area contributed by atoms with Crippen LogP contribution in [-0.2, 0) is 16.6 Å². The molecule has 0 atom stereocenters. The Morgan fingerprint density at radius 1 is 1.32 bits per heavy atom. The summed E-state index contributed by atoms with van der Waals surface area (Å²) in [4.78, 5) is 4.69. The fourth-order valence-electron chi connectivity index (χ4n) is 2.30. The molecule has 1 fully saturated rings. The zero-order valence-electron chi connectivity index (χ0n) is 12.5. The van der Waals surface area contributed by atoms with Gasteiger partial charge >= 0.3 is 0 Å². The number of sulfonamides is 1. The molecular formula is C15H18N2O3S2. The van der Waals surface area contributed by atoms with Crippen LogP contribution in [0.25, 0.3) is 0 Å². The Morgan fingerprint density at radius 3 is 2.50 bits per heavy atom. The van der Waals surface area contributed by atoms with Crippen LogP contribution in [0.5, 0.6) is 5.75 Å². The van der Waals surface area contributed by atoms with E-state index in [0.717, 1.165) is 23.5 Å². The number of thiazole rings is 1. The molecule has 3 rings (SSSR count). The molecule has 0 N–H and O–H groups in total. The van der Waals surface area contributed by atoms with Crippen molar-refractivity contribution >= 4 is 21.4 Å². The van der Waals surface area contributed by atoms with Gasteiger partial charge in [-0.25, -0.2) is 13.4 Å². The van der Waals surface area contributed by atoms with Gasteiger partial charge in [-0.05, 0) is 44.0 Å². The molecule has 0 aliphatic heterocycles. The summed E-state index contributed by atoms with van der Waals surface area (Å²) < 4.78 is 32.4. The van der Waals surface area contributed by atoms with E-state index in [1.165, 1.54) is 0 Å². The highest BCUT2D eigenvalue weighted by Crippen LogP contribution is 2.34. The SMILES string of the molecule is COc1ccc(S(=O)(=O)N(Cc2csc(C)n2)C2CC2)cc1. The van der Waals surface area contributed by atoms with Gasteiger partial charge in [0.05, 0.1) is 29.3 Å². The van der Waals surface area contributed by atoms with Crippen LogP contribution in [0.2, 0.25) is 0 Å². The van der Waals surface area contributed by atoms with E-state index in [9.17, 15) is 8.42 Å². The van der Waals surface area contributed by atoms with Crippen molar-refractivity contribution in [1.82, 2.24) is 9.29 Å². The van der Waals surface area contributed by atoms with E-state index in [1.54, 1.807) is 47.0 Å². The third-order valence-electron chi connectivity index (χ3n) is 3.60. The number of ether oxygens (including phenoxy) is 1. The average Bonchev–Trinajstić information content (AvgIpc) is 3.27. The number of rotatable bonds is 6. The largest absolute Gasteiger partial charge is 0.497 e. The minimum Gasteiger partial charge on any atom is -0.497 e. The first-order valence-electron chi connectivity index (χ1n) is 7.07. The van der Waals surface area contributed by atoms with Gasteiger partial charge in [-0.2, -0.15) is 4.31 Å². The lowest BCUT2D eigenvalue weighted by molar-refractivity contribution is 0.394. The number of nitrogens with zero attached hydrogens (tertiary/aromatic N) is 2. The van der Waals surface area contributed by atoms with E-state index in [0.29, 0.717) is 17.2 Å². The molecule has 1 saturated carbocycles. The summed E-state index contributed by atoms with van der Waals surface area (Å²) in [5.41, 5.74) is 0.812. The van der Waals surface area contributed by atoms with Gasteiger partial charge in [-0.15, -0.1) is 11.3 Å². The highest BCUT2D eigenvalue weighted by molar-refractivity contribution is 7.89. The summed E-state index contributed by atoms with van der Waals surface area (Å²) in [5.74, 6) is 0.645. The van der Waals surface area contributed by atoms with E-state index in [2.05, 4.69) is 4.98 Å². The Kier molecular flexibility index (Phi) is 4.20. The number of methoxy groups -OCH3 is 1. The van der Waals surface area contributed by atoms with E-state index in [-0.39, 0.29) is 6.04 Å². The zero-order valence-corrected chi connectivity index (χ0v) is 14.2. The molecule has 22 heavy (non-hydrogen) atoms. The predicted octanol–water partition coefficient (Wildman–Crippen LogP) is 2.81. The Labute approximate surface area is 134 Å². The molecule has 118 valence electrons. The van der Waals surface area contributed by atoms with Crippen LogP contribution in [-0.4, -0.2) is 30.9 Å². The monoisotopic (exact) mass is 338 g/mol. The van der Waals surface area contributed by atoms with Crippen molar-refractivity contribution in [2.75, 3.05) is 7.11 Å². The van der Waals surface area contributed by atoms with E-state index < -0.39 is 10.0 Å². The first kappa shape index (κ1) is 15.5. The van der Waals surface area contributed by atoms with E-state index in [1.807, 2.05) is 12.3 Å². The Balaban J connectivity index is 1.88. The van der Waals surface area contributed by atoms with Gasteiger partial charge in [0.1, 0.15) is 5.75 Å². The third-order valence-corrected chi connectivity index (χ3v) is 6.34. The van der Waals surface area contributed by atoms with Crippen molar-refractivity contribution in [3.8, 4) is 5.75 Å². The first-order chi connectivity index (χ1) is 10.5. The number of benzene rings is 1. The molecule has 0 unspecified atom stereocenters. The fourth-order valence-corrected chi connectivity index (χ4v) is 4.56. The normalized spacial score (nSPS) is 15.2. The second-order valence-corrected chi connectivity index (χ2v) is 8.27. The maximum Gasteiger partial charge on any atom is 0.243 e. The molecule has 1 heterocycles. The quantitative estimate of drug-likeness (QED) is 0.813. The van der Waals surface area contributed by atoms with Gasteiger partial charge in [0, 0.05) is 11.4 Å². The summed E-state index contributed by atoms with van der Waals surface area (Å²) >= 11 is 1.54. The van der Waals surface area contributed by atoms with Crippen molar-refractivity contribution in [3.05, 3.63) is 40.3 Å². The van der Waals surface area contributed by atoms with Crippen molar-refractivity contribution in [2.45, 2.75) is 37.2 Å². The average molecular weight is 338 g/mol. The minimum absolute atomic E-state index is 0.0918. The van der Waals surface area contributed by atoms with E-state index in [4.69, 9.17) is 4.74 Å². The Hall–Kier alpha value is -1.44. The highest BCUT2D eigenvalue weighted by Gasteiger charge is 2.38. The molecule has 1 aliphatic rings. The molecule has 5 nitrogen and oxygen atoms in total. The van der Waals surface area contributed by atoms with Gasteiger partial charge in [0.25, 0.3) is 0 Å². The van der Waals surface area contributed by atoms with Crippen LogP contribution in [0.15, 0.2) is 34.5 Å². The summed E-state index contributed by atoms with van der Waals surface area (Å²) in [6.07, 6.45) is 1.83. The summed E-state index contributed by atoms with van der Waals surface area (Å²) in [6.45, 7) is 2.26. The van der Waals surface area contributed by atoms with Crippen LogP contribution in [0, 0.1) is 6.92 Å². The summed E-state index contributed by atoms with van der Waals surface area (Å²) in [5, 5.41) is 2.88. The summed E-state index contributed by atoms with van der Waals surface area (Å²) in [6, 6.07) is 6.62. The van der Waals surface area contributed by atoms with Gasteiger partial charge in [0.15, 0.2) is 0 Å². The van der Waals surface area contributed by atoms with Gasteiger partial charge in [-0.3, -0.25) is 0 Å². The maximum atomic E-state index is 12.9. The topological polar surface area (TPSA) is 59.5 Å².